The zero-order chi connectivity index (χ0) is 48.6. The van der Waals surface area contributed by atoms with Crippen molar-refractivity contribution in [3.63, 3.8) is 0 Å². The Morgan fingerprint density at radius 3 is 1.16 bits per heavy atom. The molecule has 1 amide bonds. The van der Waals surface area contributed by atoms with Gasteiger partial charge in [-0.1, -0.05) is 249 Å². The van der Waals surface area contributed by atoms with Gasteiger partial charge in [-0.15, -0.1) is 0 Å². The summed E-state index contributed by atoms with van der Waals surface area (Å²) >= 11 is 0. The first kappa shape index (κ1) is 64.8. The number of hydrogen-bond donors (Lipinski definition) is 3. The molecule has 67 heavy (non-hydrogen) atoms. The van der Waals surface area contributed by atoms with E-state index in [-0.39, 0.29) is 18.5 Å². The van der Waals surface area contributed by atoms with Crippen molar-refractivity contribution < 1.29 is 24.5 Å². The van der Waals surface area contributed by atoms with Crippen LogP contribution in [0.4, 0.5) is 0 Å². The van der Waals surface area contributed by atoms with Crippen molar-refractivity contribution in [2.75, 3.05) is 13.2 Å². The van der Waals surface area contributed by atoms with E-state index in [9.17, 15) is 19.8 Å². The van der Waals surface area contributed by atoms with Crippen LogP contribution in [0.25, 0.3) is 0 Å². The van der Waals surface area contributed by atoms with Gasteiger partial charge in [-0.25, -0.2) is 0 Å². The fourth-order valence-electron chi connectivity index (χ4n) is 8.82. The first-order chi connectivity index (χ1) is 33.0. The van der Waals surface area contributed by atoms with Gasteiger partial charge in [-0.3, -0.25) is 9.59 Å². The molecule has 3 N–H and O–H groups in total. The van der Waals surface area contributed by atoms with E-state index in [2.05, 4.69) is 67.8 Å². The Labute approximate surface area is 416 Å². The number of carbonyl (C=O) groups excluding carboxylic acids is 2. The average Bonchev–Trinajstić information content (AvgIpc) is 3.33. The summed E-state index contributed by atoms with van der Waals surface area (Å²) in [6.07, 6.45) is 71.1. The maximum atomic E-state index is 12.4. The van der Waals surface area contributed by atoms with E-state index in [4.69, 9.17) is 4.74 Å². The monoisotopic (exact) mass is 940 g/mol. The lowest BCUT2D eigenvalue weighted by molar-refractivity contribution is -0.143. The van der Waals surface area contributed by atoms with Gasteiger partial charge < -0.3 is 20.3 Å². The molecule has 0 aliphatic heterocycles. The second-order valence-corrected chi connectivity index (χ2v) is 20.0. The van der Waals surface area contributed by atoms with E-state index in [1.165, 1.54) is 199 Å². The molecule has 6 heteroatoms. The van der Waals surface area contributed by atoms with Crippen LogP contribution in [0.15, 0.2) is 48.6 Å². The molecule has 0 fully saturated rings. The van der Waals surface area contributed by atoms with Crippen LogP contribution in [0.5, 0.6) is 0 Å². The Balaban J connectivity index is 3.43. The summed E-state index contributed by atoms with van der Waals surface area (Å²) in [6.45, 7) is 4.90. The Bertz CT molecular complexity index is 1130. The largest absolute Gasteiger partial charge is 0.466 e. The predicted molar refractivity (Wildman–Crippen MR) is 292 cm³/mol. The maximum absolute atomic E-state index is 12.4. The third-order valence-electron chi connectivity index (χ3n) is 13.4. The molecule has 6 nitrogen and oxygen atoms in total. The van der Waals surface area contributed by atoms with Gasteiger partial charge in [0.15, 0.2) is 0 Å². The molecule has 392 valence electrons. The summed E-state index contributed by atoms with van der Waals surface area (Å²) in [5.74, 6) is -0.0490. The first-order valence-electron chi connectivity index (χ1n) is 29.4. The van der Waals surface area contributed by atoms with Crippen LogP contribution in [-0.4, -0.2) is 47.4 Å². The fraction of sp³-hybridized carbons (Fsp3) is 0.836. The second kappa shape index (κ2) is 56.4. The van der Waals surface area contributed by atoms with Gasteiger partial charge >= 0.3 is 5.97 Å². The molecule has 0 spiro atoms. The third-order valence-corrected chi connectivity index (χ3v) is 13.4. The Kier molecular flexibility index (Phi) is 54.6. The Morgan fingerprint density at radius 2 is 0.746 bits per heavy atom. The van der Waals surface area contributed by atoms with E-state index in [1.807, 2.05) is 0 Å². The highest BCUT2D eigenvalue weighted by atomic mass is 16.5. The Hall–Kier alpha value is -2.18. The molecule has 0 aromatic heterocycles. The lowest BCUT2D eigenvalue weighted by atomic mass is 10.0. The van der Waals surface area contributed by atoms with Gasteiger partial charge in [0.2, 0.25) is 5.91 Å². The minimum absolute atomic E-state index is 0.00127. The van der Waals surface area contributed by atoms with Crippen LogP contribution in [0.3, 0.4) is 0 Å². The van der Waals surface area contributed by atoms with Crippen LogP contribution in [-0.2, 0) is 14.3 Å². The summed E-state index contributed by atoms with van der Waals surface area (Å²) in [4.78, 5) is 24.5. The molecular weight excluding hydrogens is 827 g/mol. The third kappa shape index (κ3) is 53.0. The number of hydrogen-bond acceptors (Lipinski definition) is 5. The Morgan fingerprint density at radius 1 is 0.418 bits per heavy atom. The predicted octanol–water partition coefficient (Wildman–Crippen LogP) is 18.2. The van der Waals surface area contributed by atoms with Crippen LogP contribution in [0.2, 0.25) is 0 Å². The highest BCUT2D eigenvalue weighted by Gasteiger charge is 2.20. The van der Waals surface area contributed by atoms with Crippen molar-refractivity contribution in [2.45, 2.75) is 315 Å². The standard InChI is InChI=1S/C61H113NO5/c1-3-5-7-9-11-13-15-16-17-25-29-32-35-39-43-47-51-55-61(66)67-56-52-48-44-40-36-33-30-27-24-22-20-18-19-21-23-26-28-31-34-38-42-46-50-54-60(65)62-58(57-63)59(64)53-49-45-41-37-14-12-10-8-6-4-2/h11,13,16-18,20-21,23,58-59,63-64H,3-10,12,14-15,19,22,24-57H2,1-2H3,(H,62,65)/b13-11-,17-16-,20-18-,23-21-. The normalized spacial score (nSPS) is 13.0. The smallest absolute Gasteiger partial charge is 0.305 e. The zero-order valence-electron chi connectivity index (χ0n) is 44.6. The molecule has 0 bridgehead atoms. The minimum Gasteiger partial charge on any atom is -0.466 e. The minimum atomic E-state index is -0.670. The zero-order valence-corrected chi connectivity index (χ0v) is 44.6. The number of amides is 1. The number of unbranched alkanes of at least 4 members (excludes halogenated alkanes) is 35. The van der Waals surface area contributed by atoms with Gasteiger partial charge in [0.25, 0.3) is 0 Å². The molecule has 0 aliphatic carbocycles. The van der Waals surface area contributed by atoms with Crippen molar-refractivity contribution in [3.05, 3.63) is 48.6 Å². The van der Waals surface area contributed by atoms with E-state index in [0.717, 1.165) is 70.6 Å². The van der Waals surface area contributed by atoms with Crippen LogP contribution < -0.4 is 5.32 Å². The lowest BCUT2D eigenvalue weighted by Crippen LogP contribution is -2.45. The second-order valence-electron chi connectivity index (χ2n) is 20.0. The fourth-order valence-corrected chi connectivity index (χ4v) is 8.82. The van der Waals surface area contributed by atoms with E-state index >= 15 is 0 Å². The van der Waals surface area contributed by atoms with Gasteiger partial charge in [-0.05, 0) is 89.9 Å². The molecular formula is C61H113NO5. The highest BCUT2D eigenvalue weighted by Crippen LogP contribution is 2.16. The van der Waals surface area contributed by atoms with Gasteiger partial charge in [0.1, 0.15) is 0 Å². The number of aliphatic hydroxyl groups excluding tert-OH is 2. The summed E-state index contributed by atoms with van der Waals surface area (Å²) < 4.78 is 5.48. The quantitative estimate of drug-likeness (QED) is 0.0321. The van der Waals surface area contributed by atoms with E-state index in [1.54, 1.807) is 0 Å². The molecule has 2 unspecified atom stereocenters. The van der Waals surface area contributed by atoms with Crippen molar-refractivity contribution in [1.82, 2.24) is 5.32 Å². The summed E-state index contributed by atoms with van der Waals surface area (Å²) in [6, 6.07) is -0.548. The van der Waals surface area contributed by atoms with E-state index < -0.39 is 12.1 Å². The number of esters is 1. The number of carbonyl (C=O) groups is 2. The van der Waals surface area contributed by atoms with Crippen molar-refractivity contribution in [2.24, 2.45) is 0 Å². The van der Waals surface area contributed by atoms with Crippen LogP contribution in [0, 0.1) is 0 Å². The molecule has 0 rings (SSSR count). The van der Waals surface area contributed by atoms with E-state index in [0.29, 0.717) is 25.9 Å². The average molecular weight is 941 g/mol. The lowest BCUT2D eigenvalue weighted by Gasteiger charge is -2.22. The highest BCUT2D eigenvalue weighted by molar-refractivity contribution is 5.76. The van der Waals surface area contributed by atoms with Crippen molar-refractivity contribution in [3.8, 4) is 0 Å². The van der Waals surface area contributed by atoms with Gasteiger partial charge in [0.05, 0.1) is 25.4 Å². The number of allylic oxidation sites excluding steroid dienone is 8. The summed E-state index contributed by atoms with van der Waals surface area (Å²) in [5.41, 5.74) is 0. The molecule has 0 aromatic rings. The van der Waals surface area contributed by atoms with Crippen LogP contribution >= 0.6 is 0 Å². The topological polar surface area (TPSA) is 95.9 Å². The molecule has 0 heterocycles. The van der Waals surface area contributed by atoms with Crippen LogP contribution in [0.1, 0.15) is 303 Å². The number of nitrogens with one attached hydrogen (secondary N) is 1. The maximum Gasteiger partial charge on any atom is 0.305 e. The molecule has 0 saturated carbocycles. The number of aliphatic hydroxyl groups is 2. The molecule has 0 aliphatic rings. The van der Waals surface area contributed by atoms with Gasteiger partial charge in [-0.2, -0.15) is 0 Å². The molecule has 2 atom stereocenters. The summed E-state index contributed by atoms with van der Waals surface area (Å²) in [7, 11) is 0. The summed E-state index contributed by atoms with van der Waals surface area (Å²) in [5, 5.41) is 23.1. The molecule has 0 radical (unpaired) electrons. The number of rotatable bonds is 54. The van der Waals surface area contributed by atoms with Crippen molar-refractivity contribution in [1.29, 1.82) is 0 Å². The first-order valence-corrected chi connectivity index (χ1v) is 29.4. The van der Waals surface area contributed by atoms with Gasteiger partial charge in [0, 0.05) is 12.8 Å². The molecule has 0 saturated heterocycles. The molecule has 0 aromatic carbocycles. The van der Waals surface area contributed by atoms with Crippen molar-refractivity contribution >= 4 is 11.9 Å². The SMILES string of the molecule is CCCCC/C=C\C/C=C\CCCCCCCCCC(=O)OCCCCCCCCCCC/C=C\C/C=C\CCCCCCCCCC(=O)NC(CO)C(O)CCCCCCCCCCCC. The number of ether oxygens (including phenoxy) is 1.